The van der Waals surface area contributed by atoms with E-state index in [9.17, 15) is 14.4 Å². The summed E-state index contributed by atoms with van der Waals surface area (Å²) < 4.78 is 1.31. The lowest BCUT2D eigenvalue weighted by Crippen LogP contribution is -2.41. The Morgan fingerprint density at radius 3 is 2.62 bits per heavy atom. The van der Waals surface area contributed by atoms with Crippen molar-refractivity contribution >= 4 is 17.4 Å². The topological polar surface area (TPSA) is 101 Å². The number of anilines is 2. The van der Waals surface area contributed by atoms with Gasteiger partial charge < -0.3 is 10.6 Å². The summed E-state index contributed by atoms with van der Waals surface area (Å²) in [4.78, 5) is 41.4. The van der Waals surface area contributed by atoms with Crippen LogP contribution in [-0.4, -0.2) is 22.0 Å². The third-order valence-corrected chi connectivity index (χ3v) is 5.31. The molecule has 0 saturated heterocycles. The minimum atomic E-state index is -0.628. The number of benzene rings is 1. The zero-order valence-electron chi connectivity index (χ0n) is 16.8. The molecule has 3 rings (SSSR count). The van der Waals surface area contributed by atoms with Gasteiger partial charge in [-0.25, -0.2) is 4.79 Å². The van der Waals surface area contributed by atoms with Gasteiger partial charge in [0.15, 0.2) is 5.69 Å². The fraction of sp³-hybridized carbons (Fsp3) is 0.409. The van der Waals surface area contributed by atoms with E-state index >= 15 is 0 Å². The second-order valence-electron chi connectivity index (χ2n) is 7.32. The number of nitrogens with two attached hydrogens (primary N) is 1. The molecule has 1 aliphatic rings. The molecule has 0 atom stereocenters. The van der Waals surface area contributed by atoms with Crippen LogP contribution in [0.15, 0.2) is 51.6 Å². The number of nitrogens with zero attached hydrogens (tertiary/aromatic N) is 2. The van der Waals surface area contributed by atoms with E-state index < -0.39 is 11.2 Å². The van der Waals surface area contributed by atoms with Crippen LogP contribution < -0.4 is 21.9 Å². The van der Waals surface area contributed by atoms with E-state index in [1.165, 1.54) is 21.5 Å². The van der Waals surface area contributed by atoms with Crippen LogP contribution in [0.4, 0.5) is 11.5 Å². The highest BCUT2D eigenvalue weighted by Crippen LogP contribution is 2.23. The Balaban J connectivity index is 1.97. The normalized spacial score (nSPS) is 13.8. The van der Waals surface area contributed by atoms with Crippen molar-refractivity contribution in [3.05, 3.63) is 68.4 Å². The second-order valence-corrected chi connectivity index (χ2v) is 7.32. The average molecular weight is 396 g/mol. The molecule has 154 valence electrons. The van der Waals surface area contributed by atoms with Crippen molar-refractivity contribution in [2.45, 2.75) is 52.0 Å². The first-order chi connectivity index (χ1) is 14.0. The minimum Gasteiger partial charge on any atom is -0.383 e. The molecule has 7 heteroatoms. The number of H-pyrrole nitrogens is 1. The number of amides is 1. The number of aromatic nitrogens is 2. The van der Waals surface area contributed by atoms with Gasteiger partial charge in [-0.2, -0.15) is 0 Å². The summed E-state index contributed by atoms with van der Waals surface area (Å²) >= 11 is 0. The van der Waals surface area contributed by atoms with Gasteiger partial charge in [0.05, 0.1) is 6.54 Å². The van der Waals surface area contributed by atoms with Crippen molar-refractivity contribution in [1.82, 2.24) is 9.55 Å². The first kappa shape index (κ1) is 20.6. The summed E-state index contributed by atoms with van der Waals surface area (Å²) in [7, 11) is 0. The maximum atomic E-state index is 12.7. The number of carbonyl (C=O) groups excluding carboxylic acids is 1. The molecule has 3 N–H and O–H groups in total. The Bertz CT molecular complexity index is 1000. The van der Waals surface area contributed by atoms with Crippen LogP contribution in [0.25, 0.3) is 0 Å². The van der Waals surface area contributed by atoms with E-state index in [0.29, 0.717) is 13.0 Å². The van der Waals surface area contributed by atoms with E-state index in [1.807, 2.05) is 30.3 Å². The van der Waals surface area contributed by atoms with Crippen LogP contribution in [0.1, 0.15) is 51.0 Å². The van der Waals surface area contributed by atoms with Gasteiger partial charge in [0, 0.05) is 13.0 Å². The minimum absolute atomic E-state index is 0.0158. The Kier molecular flexibility index (Phi) is 6.69. The molecule has 0 spiro atoms. The predicted molar refractivity (Wildman–Crippen MR) is 115 cm³/mol. The van der Waals surface area contributed by atoms with Gasteiger partial charge >= 0.3 is 5.69 Å². The molecular formula is C22H28N4O3. The lowest BCUT2D eigenvalue weighted by atomic mass is 9.97. The summed E-state index contributed by atoms with van der Waals surface area (Å²) in [5.74, 6) is -0.175. The molecule has 1 aromatic carbocycles. The Hall–Kier alpha value is -3.09. The zero-order chi connectivity index (χ0) is 20.8. The van der Waals surface area contributed by atoms with Crippen molar-refractivity contribution in [3.63, 3.8) is 0 Å². The van der Waals surface area contributed by atoms with Crippen LogP contribution in [0.2, 0.25) is 0 Å². The van der Waals surface area contributed by atoms with Gasteiger partial charge in [-0.15, -0.1) is 0 Å². The van der Waals surface area contributed by atoms with Crippen molar-refractivity contribution in [1.29, 1.82) is 0 Å². The largest absolute Gasteiger partial charge is 0.383 e. The summed E-state index contributed by atoms with van der Waals surface area (Å²) in [6.07, 6.45) is 7.59. The average Bonchev–Trinajstić information content (AvgIpc) is 2.74. The number of nitrogens with one attached hydrogen (secondary N) is 1. The highest BCUT2D eigenvalue weighted by atomic mass is 16.2. The number of allylic oxidation sites excluding steroid dienone is 1. The van der Waals surface area contributed by atoms with Crippen LogP contribution in [-0.2, 0) is 11.3 Å². The molecule has 29 heavy (non-hydrogen) atoms. The van der Waals surface area contributed by atoms with E-state index in [-0.39, 0.29) is 30.4 Å². The van der Waals surface area contributed by atoms with E-state index in [1.54, 1.807) is 6.92 Å². The number of nitrogen functional groups attached to an aromatic ring is 1. The number of hydrogen-bond donors (Lipinski definition) is 2. The van der Waals surface area contributed by atoms with Crippen LogP contribution in [0.5, 0.6) is 0 Å². The standard InChI is InChI=1S/C22H28N4O3/c1-2-18(27)25(14-13-16-9-5-3-6-10-16)19-20(23)26(22(29)24-21(19)28)15-17-11-7-4-8-12-17/h4,7-9,11-12H,2-3,5-6,10,13-15,23H2,1H3,(H,24,28,29). The van der Waals surface area contributed by atoms with Crippen LogP contribution in [0, 0.1) is 0 Å². The van der Waals surface area contributed by atoms with E-state index in [2.05, 4.69) is 11.1 Å². The Morgan fingerprint density at radius 1 is 1.21 bits per heavy atom. The molecule has 1 heterocycles. The molecule has 0 radical (unpaired) electrons. The molecule has 0 fully saturated rings. The Labute approximate surface area is 169 Å². The van der Waals surface area contributed by atoms with E-state index in [0.717, 1.165) is 24.8 Å². The van der Waals surface area contributed by atoms with Gasteiger partial charge in [0.2, 0.25) is 5.91 Å². The Morgan fingerprint density at radius 2 is 1.97 bits per heavy atom. The van der Waals surface area contributed by atoms with Crippen LogP contribution >= 0.6 is 0 Å². The zero-order valence-corrected chi connectivity index (χ0v) is 16.8. The quantitative estimate of drug-likeness (QED) is 0.703. The van der Waals surface area contributed by atoms with Gasteiger partial charge in [-0.1, -0.05) is 48.9 Å². The van der Waals surface area contributed by atoms with E-state index in [4.69, 9.17) is 5.73 Å². The fourth-order valence-corrected chi connectivity index (χ4v) is 3.70. The summed E-state index contributed by atoms with van der Waals surface area (Å²) in [6.45, 7) is 2.34. The van der Waals surface area contributed by atoms with Crippen molar-refractivity contribution in [3.8, 4) is 0 Å². The number of hydrogen-bond acceptors (Lipinski definition) is 4. The van der Waals surface area contributed by atoms with Crippen LogP contribution in [0.3, 0.4) is 0 Å². The molecule has 1 aromatic heterocycles. The summed E-state index contributed by atoms with van der Waals surface area (Å²) in [5.41, 5.74) is 7.29. The third-order valence-electron chi connectivity index (χ3n) is 5.31. The van der Waals surface area contributed by atoms with Gasteiger partial charge in [0.25, 0.3) is 5.56 Å². The predicted octanol–water partition coefficient (Wildman–Crippen LogP) is 2.80. The SMILES string of the molecule is CCC(=O)N(CCC1=CCCCC1)c1c(N)n(Cc2ccccc2)c(=O)[nH]c1=O. The monoisotopic (exact) mass is 396 g/mol. The van der Waals surface area contributed by atoms with Gasteiger partial charge in [-0.3, -0.25) is 19.1 Å². The highest BCUT2D eigenvalue weighted by Gasteiger charge is 2.23. The first-order valence-corrected chi connectivity index (χ1v) is 10.2. The molecule has 7 nitrogen and oxygen atoms in total. The van der Waals surface area contributed by atoms with Crippen molar-refractivity contribution < 1.29 is 4.79 Å². The fourth-order valence-electron chi connectivity index (χ4n) is 3.70. The highest BCUT2D eigenvalue weighted by molar-refractivity contribution is 5.95. The van der Waals surface area contributed by atoms with Crippen molar-refractivity contribution in [2.75, 3.05) is 17.2 Å². The number of aromatic amines is 1. The van der Waals surface area contributed by atoms with Gasteiger partial charge in [0.1, 0.15) is 5.82 Å². The van der Waals surface area contributed by atoms with Crippen molar-refractivity contribution in [2.24, 2.45) is 0 Å². The smallest absolute Gasteiger partial charge is 0.330 e. The molecule has 1 aliphatic carbocycles. The number of rotatable bonds is 7. The maximum Gasteiger partial charge on any atom is 0.330 e. The lowest BCUT2D eigenvalue weighted by molar-refractivity contribution is -0.118. The molecule has 1 amide bonds. The molecular weight excluding hydrogens is 368 g/mol. The summed E-state index contributed by atoms with van der Waals surface area (Å²) in [5, 5.41) is 0. The molecule has 0 bridgehead atoms. The molecule has 0 saturated carbocycles. The summed E-state index contributed by atoms with van der Waals surface area (Å²) in [6, 6.07) is 9.37. The second kappa shape index (κ2) is 9.41. The molecule has 0 aliphatic heterocycles. The number of carbonyl (C=O) groups is 1. The maximum absolute atomic E-state index is 12.7. The lowest BCUT2D eigenvalue weighted by Gasteiger charge is -2.25. The molecule has 0 unspecified atom stereocenters. The first-order valence-electron chi connectivity index (χ1n) is 10.2. The van der Waals surface area contributed by atoms with Gasteiger partial charge in [-0.05, 0) is 37.7 Å². The molecule has 2 aromatic rings. The third kappa shape index (κ3) is 4.85.